The summed E-state index contributed by atoms with van der Waals surface area (Å²) in [7, 11) is 0. The molecule has 1 amide bonds. The molecular formula is C24H27ClN4O2S. The number of thioether (sulfide) groups is 1. The maximum atomic E-state index is 12.5. The van der Waals surface area contributed by atoms with Gasteiger partial charge in [-0.1, -0.05) is 60.5 Å². The number of rotatable bonds is 7. The third kappa shape index (κ3) is 4.94. The van der Waals surface area contributed by atoms with Crippen LogP contribution in [0.15, 0.2) is 41.6 Å². The van der Waals surface area contributed by atoms with Gasteiger partial charge in [-0.15, -0.1) is 10.2 Å². The van der Waals surface area contributed by atoms with Crippen molar-refractivity contribution in [2.45, 2.75) is 57.3 Å². The zero-order chi connectivity index (χ0) is 22.7. The molecule has 0 radical (unpaired) electrons. The van der Waals surface area contributed by atoms with Crippen molar-refractivity contribution in [2.75, 3.05) is 5.75 Å². The molecule has 1 heterocycles. The highest BCUT2D eigenvalue weighted by Gasteiger charge is 2.26. The van der Waals surface area contributed by atoms with E-state index in [2.05, 4.69) is 20.1 Å². The minimum Gasteiger partial charge on any atom is -0.507 e. The van der Waals surface area contributed by atoms with Crippen molar-refractivity contribution in [3.05, 3.63) is 58.1 Å². The van der Waals surface area contributed by atoms with Gasteiger partial charge in [0.25, 0.3) is 0 Å². The van der Waals surface area contributed by atoms with E-state index < -0.39 is 0 Å². The molecule has 2 aromatic carbocycles. The molecule has 168 valence electrons. The first kappa shape index (κ1) is 22.7. The fourth-order valence-corrected chi connectivity index (χ4v) is 5.28. The van der Waals surface area contributed by atoms with Gasteiger partial charge < -0.3 is 10.4 Å². The zero-order valence-corrected chi connectivity index (χ0v) is 19.8. The summed E-state index contributed by atoms with van der Waals surface area (Å²) in [5.41, 5.74) is 3.44. The Bertz CT molecular complexity index is 1100. The molecule has 0 unspecified atom stereocenters. The third-order valence-corrected chi connectivity index (χ3v) is 7.11. The summed E-state index contributed by atoms with van der Waals surface area (Å²) in [4.78, 5) is 12.5. The van der Waals surface area contributed by atoms with E-state index in [9.17, 15) is 9.90 Å². The molecule has 1 aliphatic rings. The average Bonchev–Trinajstić information content (AvgIpc) is 3.44. The van der Waals surface area contributed by atoms with Crippen LogP contribution in [-0.2, 0) is 11.3 Å². The molecule has 3 aromatic rings. The van der Waals surface area contributed by atoms with Gasteiger partial charge >= 0.3 is 0 Å². The quantitative estimate of drug-likeness (QED) is 0.449. The second kappa shape index (κ2) is 9.96. The highest BCUT2D eigenvalue weighted by Crippen LogP contribution is 2.38. The molecule has 4 rings (SSSR count). The van der Waals surface area contributed by atoms with Crippen LogP contribution < -0.4 is 5.32 Å². The minimum atomic E-state index is -0.0707. The molecule has 1 saturated carbocycles. The van der Waals surface area contributed by atoms with Gasteiger partial charge in [-0.05, 0) is 55.5 Å². The third-order valence-electron chi connectivity index (χ3n) is 5.84. The molecule has 6 nitrogen and oxygen atoms in total. The molecule has 0 saturated heterocycles. The topological polar surface area (TPSA) is 80.0 Å². The Kier molecular flexibility index (Phi) is 7.06. The fourth-order valence-electron chi connectivity index (χ4n) is 4.22. The van der Waals surface area contributed by atoms with E-state index in [0.717, 1.165) is 46.1 Å². The standard InChI is InChI=1S/C24H27ClN4O2S/c1-15-11-17(12-16(2)22(15)31)13-26-21(30)14-32-24-28-27-23(19-9-5-6-10-20(19)25)29(24)18-7-3-4-8-18/h5-6,9-12,18,31H,3-4,7-8,13-14H2,1-2H3,(H,26,30). The minimum absolute atomic E-state index is 0.0707. The normalized spacial score (nSPS) is 14.1. The Morgan fingerprint density at radius 3 is 2.56 bits per heavy atom. The van der Waals surface area contributed by atoms with Crippen molar-refractivity contribution in [1.82, 2.24) is 20.1 Å². The molecule has 1 aromatic heterocycles. The Hall–Kier alpha value is -2.51. The first-order valence-corrected chi connectivity index (χ1v) is 12.2. The van der Waals surface area contributed by atoms with Gasteiger partial charge in [-0.25, -0.2) is 0 Å². The Labute approximate surface area is 197 Å². The van der Waals surface area contributed by atoms with E-state index in [1.54, 1.807) is 0 Å². The lowest BCUT2D eigenvalue weighted by molar-refractivity contribution is -0.118. The summed E-state index contributed by atoms with van der Waals surface area (Å²) < 4.78 is 2.17. The summed E-state index contributed by atoms with van der Waals surface area (Å²) in [5, 5.41) is 23.1. The van der Waals surface area contributed by atoms with Crippen LogP contribution in [0, 0.1) is 13.8 Å². The highest BCUT2D eigenvalue weighted by molar-refractivity contribution is 7.99. The van der Waals surface area contributed by atoms with E-state index in [4.69, 9.17) is 11.6 Å². The van der Waals surface area contributed by atoms with Crippen molar-refractivity contribution < 1.29 is 9.90 Å². The van der Waals surface area contributed by atoms with Crippen molar-refractivity contribution in [3.8, 4) is 17.1 Å². The number of aryl methyl sites for hydroxylation is 2. The number of carbonyl (C=O) groups is 1. The van der Waals surface area contributed by atoms with Crippen LogP contribution in [0.4, 0.5) is 0 Å². The van der Waals surface area contributed by atoms with Crippen LogP contribution in [-0.4, -0.2) is 31.5 Å². The second-order valence-electron chi connectivity index (χ2n) is 8.24. The van der Waals surface area contributed by atoms with Crippen LogP contribution >= 0.6 is 23.4 Å². The number of nitrogens with zero attached hydrogens (tertiary/aromatic N) is 3. The van der Waals surface area contributed by atoms with Crippen molar-refractivity contribution in [1.29, 1.82) is 0 Å². The monoisotopic (exact) mass is 470 g/mol. The number of hydrogen-bond donors (Lipinski definition) is 2. The maximum absolute atomic E-state index is 12.5. The van der Waals surface area contributed by atoms with Crippen LogP contribution in [0.5, 0.6) is 5.75 Å². The molecule has 32 heavy (non-hydrogen) atoms. The lowest BCUT2D eigenvalue weighted by Gasteiger charge is -2.17. The molecule has 0 spiro atoms. The summed E-state index contributed by atoms with van der Waals surface area (Å²) >= 11 is 7.84. The van der Waals surface area contributed by atoms with Gasteiger partial charge in [0.1, 0.15) is 5.75 Å². The van der Waals surface area contributed by atoms with E-state index >= 15 is 0 Å². The van der Waals surface area contributed by atoms with Crippen LogP contribution in [0.3, 0.4) is 0 Å². The summed E-state index contributed by atoms with van der Waals surface area (Å²) in [5.74, 6) is 1.25. The fraction of sp³-hybridized carbons (Fsp3) is 0.375. The first-order chi connectivity index (χ1) is 15.4. The van der Waals surface area contributed by atoms with Crippen molar-refractivity contribution >= 4 is 29.3 Å². The van der Waals surface area contributed by atoms with Gasteiger partial charge in [0.15, 0.2) is 11.0 Å². The number of benzene rings is 2. The lowest BCUT2D eigenvalue weighted by Crippen LogP contribution is -2.25. The molecule has 8 heteroatoms. The lowest BCUT2D eigenvalue weighted by atomic mass is 10.1. The number of aromatic nitrogens is 3. The Balaban J connectivity index is 1.46. The zero-order valence-electron chi connectivity index (χ0n) is 18.3. The number of amides is 1. The van der Waals surface area contributed by atoms with E-state index in [0.29, 0.717) is 23.4 Å². The van der Waals surface area contributed by atoms with Crippen LogP contribution in [0.2, 0.25) is 5.02 Å². The van der Waals surface area contributed by atoms with Gasteiger partial charge in [0.2, 0.25) is 5.91 Å². The maximum Gasteiger partial charge on any atom is 0.230 e. The smallest absolute Gasteiger partial charge is 0.230 e. The molecule has 1 aliphatic carbocycles. The Morgan fingerprint density at radius 2 is 1.88 bits per heavy atom. The number of phenols is 1. The predicted molar refractivity (Wildman–Crippen MR) is 128 cm³/mol. The van der Waals surface area contributed by atoms with Crippen molar-refractivity contribution in [2.24, 2.45) is 0 Å². The number of phenolic OH excluding ortho intramolecular Hbond substituents is 1. The van der Waals surface area contributed by atoms with E-state index in [1.807, 2.05) is 50.2 Å². The molecule has 1 fully saturated rings. The number of hydrogen-bond acceptors (Lipinski definition) is 5. The molecule has 0 aliphatic heterocycles. The van der Waals surface area contributed by atoms with Crippen molar-refractivity contribution in [3.63, 3.8) is 0 Å². The van der Waals surface area contributed by atoms with Gasteiger partial charge in [0, 0.05) is 18.2 Å². The number of halogens is 1. The second-order valence-corrected chi connectivity index (χ2v) is 9.59. The average molecular weight is 471 g/mol. The highest BCUT2D eigenvalue weighted by atomic mass is 35.5. The molecular weight excluding hydrogens is 444 g/mol. The van der Waals surface area contributed by atoms with Crippen LogP contribution in [0.25, 0.3) is 11.4 Å². The first-order valence-electron chi connectivity index (χ1n) is 10.8. The van der Waals surface area contributed by atoms with Gasteiger partial charge in [0.05, 0.1) is 10.8 Å². The van der Waals surface area contributed by atoms with Gasteiger partial charge in [-0.3, -0.25) is 9.36 Å². The van der Waals surface area contributed by atoms with E-state index in [-0.39, 0.29) is 11.7 Å². The molecule has 0 atom stereocenters. The summed E-state index contributed by atoms with van der Waals surface area (Å²) in [6.07, 6.45) is 4.52. The van der Waals surface area contributed by atoms with Crippen LogP contribution in [0.1, 0.15) is 48.4 Å². The number of aromatic hydroxyl groups is 1. The SMILES string of the molecule is Cc1cc(CNC(=O)CSc2nnc(-c3ccccc3Cl)n2C2CCCC2)cc(C)c1O. The summed E-state index contributed by atoms with van der Waals surface area (Å²) in [6, 6.07) is 11.8. The largest absolute Gasteiger partial charge is 0.507 e. The molecule has 0 bridgehead atoms. The van der Waals surface area contributed by atoms with Gasteiger partial charge in [-0.2, -0.15) is 0 Å². The Morgan fingerprint density at radius 1 is 1.19 bits per heavy atom. The summed E-state index contributed by atoms with van der Waals surface area (Å²) in [6.45, 7) is 4.13. The molecule has 2 N–H and O–H groups in total. The number of carbonyl (C=O) groups excluding carboxylic acids is 1. The predicted octanol–water partition coefficient (Wildman–Crippen LogP) is 5.44. The van der Waals surface area contributed by atoms with E-state index in [1.165, 1.54) is 24.6 Å². The number of nitrogens with one attached hydrogen (secondary N) is 1.